The lowest BCUT2D eigenvalue weighted by Crippen LogP contribution is -2.13. The Labute approximate surface area is 142 Å². The van der Waals surface area contributed by atoms with Gasteiger partial charge < -0.3 is 4.42 Å². The first-order valence-corrected chi connectivity index (χ1v) is 10.2. The van der Waals surface area contributed by atoms with Crippen molar-refractivity contribution in [3.8, 4) is 10.8 Å². The molecule has 0 amide bonds. The van der Waals surface area contributed by atoms with Gasteiger partial charge in [0.15, 0.2) is 15.7 Å². The van der Waals surface area contributed by atoms with Crippen LogP contribution in [0.1, 0.15) is 36.2 Å². The minimum Gasteiger partial charge on any atom is -0.440 e. The highest BCUT2D eigenvalue weighted by molar-refractivity contribution is 7.89. The molecule has 0 spiro atoms. The molecule has 8 nitrogen and oxygen atoms in total. The van der Waals surface area contributed by atoms with Crippen LogP contribution < -0.4 is 0 Å². The van der Waals surface area contributed by atoms with Crippen LogP contribution in [-0.4, -0.2) is 33.6 Å². The molecule has 0 radical (unpaired) electrons. The molecule has 1 aliphatic rings. The van der Waals surface area contributed by atoms with Gasteiger partial charge in [-0.3, -0.25) is 0 Å². The van der Waals surface area contributed by atoms with E-state index in [9.17, 15) is 8.42 Å². The van der Waals surface area contributed by atoms with Crippen molar-refractivity contribution in [3.63, 3.8) is 0 Å². The second-order valence-corrected chi connectivity index (χ2v) is 8.81. The van der Waals surface area contributed by atoms with Crippen LogP contribution in [0.2, 0.25) is 0 Å². The highest BCUT2D eigenvalue weighted by Gasteiger charge is 2.30. The molecule has 126 valence electrons. The van der Waals surface area contributed by atoms with Crippen molar-refractivity contribution in [1.29, 1.82) is 0 Å². The maximum Gasteiger partial charge on any atom is 0.236 e. The molecule has 3 heterocycles. The minimum atomic E-state index is -3.45. The number of tetrazole rings is 1. The Hall–Kier alpha value is -2.07. The summed E-state index contributed by atoms with van der Waals surface area (Å²) in [5.74, 6) is 0.971. The number of hydrogen-bond acceptors (Lipinski definition) is 8. The van der Waals surface area contributed by atoms with Gasteiger partial charge in [0, 0.05) is 0 Å². The van der Waals surface area contributed by atoms with Gasteiger partial charge in [-0.25, -0.2) is 18.1 Å². The topological polar surface area (TPSA) is 104 Å². The summed E-state index contributed by atoms with van der Waals surface area (Å²) in [6.45, 7) is 1.73. The third kappa shape index (κ3) is 3.11. The van der Waals surface area contributed by atoms with Gasteiger partial charge in [-0.15, -0.1) is 16.4 Å². The molecule has 24 heavy (non-hydrogen) atoms. The first-order valence-electron chi connectivity index (χ1n) is 7.49. The van der Waals surface area contributed by atoms with Gasteiger partial charge in [0.05, 0.1) is 22.4 Å². The van der Waals surface area contributed by atoms with Crippen molar-refractivity contribution >= 4 is 21.2 Å². The number of thiophene rings is 1. The smallest absolute Gasteiger partial charge is 0.236 e. The first kappa shape index (κ1) is 15.5. The molecule has 0 unspecified atom stereocenters. The Balaban J connectivity index is 1.54. The highest BCUT2D eigenvalue weighted by atomic mass is 32.2. The Morgan fingerprint density at radius 3 is 2.92 bits per heavy atom. The summed E-state index contributed by atoms with van der Waals surface area (Å²) < 4.78 is 32.3. The van der Waals surface area contributed by atoms with E-state index in [1.54, 1.807) is 11.6 Å². The predicted octanol–water partition coefficient (Wildman–Crippen LogP) is 2.15. The molecule has 1 saturated carbocycles. The average Bonchev–Trinajstić information content (AvgIpc) is 2.93. The lowest BCUT2D eigenvalue weighted by atomic mass is 10.4. The zero-order valence-corrected chi connectivity index (χ0v) is 14.5. The highest BCUT2D eigenvalue weighted by Crippen LogP contribution is 2.34. The molecule has 0 saturated heterocycles. The third-order valence-electron chi connectivity index (χ3n) is 3.78. The van der Waals surface area contributed by atoms with Crippen molar-refractivity contribution in [3.05, 3.63) is 34.8 Å². The molecule has 1 fully saturated rings. The molecule has 4 rings (SSSR count). The van der Waals surface area contributed by atoms with Crippen LogP contribution in [0, 0.1) is 6.92 Å². The number of aromatic nitrogens is 5. The summed E-state index contributed by atoms with van der Waals surface area (Å²) in [5, 5.41) is 13.3. The largest absolute Gasteiger partial charge is 0.440 e. The molecule has 0 N–H and O–H groups in total. The number of oxazole rings is 1. The van der Waals surface area contributed by atoms with E-state index in [0.29, 0.717) is 23.2 Å². The molecule has 0 aromatic carbocycles. The van der Waals surface area contributed by atoms with Crippen LogP contribution in [0.25, 0.3) is 10.8 Å². The number of aryl methyl sites for hydroxylation is 1. The molecular weight excluding hydrogens is 350 g/mol. The molecular formula is C14H15N5O3S2. The summed E-state index contributed by atoms with van der Waals surface area (Å²) in [5.41, 5.74) is 0.434. The molecule has 0 aliphatic heterocycles. The lowest BCUT2D eigenvalue weighted by molar-refractivity contribution is 0.540. The van der Waals surface area contributed by atoms with E-state index in [1.165, 1.54) is 11.3 Å². The fraction of sp³-hybridized carbons (Fsp3) is 0.429. The van der Waals surface area contributed by atoms with E-state index in [1.807, 2.05) is 17.5 Å². The van der Waals surface area contributed by atoms with E-state index in [0.717, 1.165) is 17.7 Å². The van der Waals surface area contributed by atoms with Crippen LogP contribution in [0.4, 0.5) is 0 Å². The molecule has 10 heteroatoms. The van der Waals surface area contributed by atoms with E-state index in [-0.39, 0.29) is 17.5 Å². The van der Waals surface area contributed by atoms with Gasteiger partial charge in [0.25, 0.3) is 0 Å². The predicted molar refractivity (Wildman–Crippen MR) is 87.0 cm³/mol. The van der Waals surface area contributed by atoms with Gasteiger partial charge in [-0.2, -0.15) is 0 Å². The number of nitrogens with zero attached hydrogens (tertiary/aromatic N) is 5. The molecule has 0 bridgehead atoms. The SMILES string of the molecule is Cc1oc(-c2cccs2)nc1CS(=O)(=O)Cc1nnnn1C1CC1. The van der Waals surface area contributed by atoms with Crippen LogP contribution in [0.3, 0.4) is 0 Å². The monoisotopic (exact) mass is 365 g/mol. The maximum absolute atomic E-state index is 12.5. The van der Waals surface area contributed by atoms with Gasteiger partial charge in [0.2, 0.25) is 5.89 Å². The van der Waals surface area contributed by atoms with Crippen molar-refractivity contribution in [2.75, 3.05) is 0 Å². The van der Waals surface area contributed by atoms with Gasteiger partial charge in [-0.1, -0.05) is 6.07 Å². The van der Waals surface area contributed by atoms with Crippen molar-refractivity contribution in [2.45, 2.75) is 37.3 Å². The molecule has 3 aromatic heterocycles. The Kier molecular flexibility index (Phi) is 3.72. The van der Waals surface area contributed by atoms with Crippen LogP contribution in [-0.2, 0) is 21.3 Å². The van der Waals surface area contributed by atoms with Crippen LogP contribution in [0.15, 0.2) is 21.9 Å². The number of sulfone groups is 1. The minimum absolute atomic E-state index is 0.189. The summed E-state index contributed by atoms with van der Waals surface area (Å²) in [4.78, 5) is 5.22. The zero-order valence-electron chi connectivity index (χ0n) is 12.9. The fourth-order valence-corrected chi connectivity index (χ4v) is 4.45. The third-order valence-corrected chi connectivity index (χ3v) is 6.05. The van der Waals surface area contributed by atoms with Gasteiger partial charge in [0.1, 0.15) is 11.5 Å². The Morgan fingerprint density at radius 1 is 1.38 bits per heavy atom. The van der Waals surface area contributed by atoms with Crippen molar-refractivity contribution in [2.24, 2.45) is 0 Å². The van der Waals surface area contributed by atoms with Crippen molar-refractivity contribution in [1.82, 2.24) is 25.2 Å². The zero-order chi connectivity index (χ0) is 16.7. The van der Waals surface area contributed by atoms with E-state index < -0.39 is 9.84 Å². The number of rotatable bonds is 6. The second kappa shape index (κ2) is 5.78. The van der Waals surface area contributed by atoms with E-state index in [4.69, 9.17) is 4.42 Å². The average molecular weight is 365 g/mol. The van der Waals surface area contributed by atoms with Gasteiger partial charge >= 0.3 is 0 Å². The second-order valence-electron chi connectivity index (χ2n) is 5.80. The quantitative estimate of drug-likeness (QED) is 0.659. The molecule has 0 atom stereocenters. The lowest BCUT2D eigenvalue weighted by Gasteiger charge is -2.03. The first-order chi connectivity index (χ1) is 11.5. The van der Waals surface area contributed by atoms with Crippen molar-refractivity contribution < 1.29 is 12.8 Å². The molecule has 1 aliphatic carbocycles. The summed E-state index contributed by atoms with van der Waals surface area (Å²) >= 11 is 1.50. The van der Waals surface area contributed by atoms with Crippen LogP contribution >= 0.6 is 11.3 Å². The standard InChI is InChI=1S/C14H15N5O3S2/c1-9-11(15-14(22-9)12-3-2-6-23-12)7-24(20,21)8-13-16-17-18-19(13)10-4-5-10/h2-3,6,10H,4-5,7-8H2,1H3. The fourth-order valence-electron chi connectivity index (χ4n) is 2.43. The Morgan fingerprint density at radius 2 is 2.21 bits per heavy atom. The Bertz CT molecular complexity index is 955. The summed E-state index contributed by atoms with van der Waals surface area (Å²) in [7, 11) is -3.45. The summed E-state index contributed by atoms with van der Waals surface area (Å²) in [6.07, 6.45) is 1.98. The maximum atomic E-state index is 12.5. The van der Waals surface area contributed by atoms with E-state index >= 15 is 0 Å². The normalized spacial score (nSPS) is 15.0. The van der Waals surface area contributed by atoms with Gasteiger partial charge in [-0.05, 0) is 41.6 Å². The van der Waals surface area contributed by atoms with E-state index in [2.05, 4.69) is 20.5 Å². The molecule has 3 aromatic rings. The van der Waals surface area contributed by atoms with Crippen LogP contribution in [0.5, 0.6) is 0 Å². The number of hydrogen-bond donors (Lipinski definition) is 0. The summed E-state index contributed by atoms with van der Waals surface area (Å²) in [6, 6.07) is 4.02.